The minimum absolute atomic E-state index is 0.116. The summed E-state index contributed by atoms with van der Waals surface area (Å²) < 4.78 is 10.0. The van der Waals surface area contributed by atoms with Crippen LogP contribution in [0.15, 0.2) is 24.3 Å². The van der Waals surface area contributed by atoms with Gasteiger partial charge in [0.25, 0.3) is 5.69 Å². The molecule has 8 nitrogen and oxygen atoms in total. The summed E-state index contributed by atoms with van der Waals surface area (Å²) in [5, 5.41) is 12.8. The van der Waals surface area contributed by atoms with Gasteiger partial charge in [0.1, 0.15) is 17.4 Å². The van der Waals surface area contributed by atoms with Crippen LogP contribution in [0.2, 0.25) is 0 Å². The summed E-state index contributed by atoms with van der Waals surface area (Å²) >= 11 is 0. The Morgan fingerprint density at radius 2 is 1.77 bits per heavy atom. The number of benzene rings is 1. The van der Waals surface area contributed by atoms with Crippen molar-refractivity contribution < 1.29 is 24.0 Å². The van der Waals surface area contributed by atoms with Gasteiger partial charge in [-0.15, -0.1) is 0 Å². The number of hydrogen-bond acceptors (Lipinski definition) is 6. The van der Waals surface area contributed by atoms with E-state index >= 15 is 0 Å². The maximum absolute atomic E-state index is 11.7. The second-order valence-electron chi connectivity index (χ2n) is 5.54. The number of hydrogen-bond donors (Lipinski definition) is 1. The fourth-order valence-corrected chi connectivity index (χ4v) is 1.40. The third-order valence-corrected chi connectivity index (χ3v) is 2.35. The number of carbonyl (C=O) groups is 2. The molecule has 0 bridgehead atoms. The van der Waals surface area contributed by atoms with Crippen LogP contribution in [0, 0.1) is 10.1 Å². The van der Waals surface area contributed by atoms with Crippen molar-refractivity contribution in [1.82, 2.24) is 5.32 Å². The Kier molecular flexibility index (Phi) is 5.44. The number of amides is 1. The van der Waals surface area contributed by atoms with Crippen molar-refractivity contribution >= 4 is 17.7 Å². The first-order valence-corrected chi connectivity index (χ1v) is 6.54. The molecule has 1 atom stereocenters. The van der Waals surface area contributed by atoms with E-state index in [1.54, 1.807) is 20.8 Å². The van der Waals surface area contributed by atoms with Crippen LogP contribution >= 0.6 is 0 Å². The van der Waals surface area contributed by atoms with Crippen molar-refractivity contribution in [3.05, 3.63) is 34.4 Å². The Labute approximate surface area is 127 Å². The highest BCUT2D eigenvalue weighted by Gasteiger charge is 2.23. The van der Waals surface area contributed by atoms with E-state index in [4.69, 9.17) is 9.47 Å². The van der Waals surface area contributed by atoms with Gasteiger partial charge in [-0.1, -0.05) is 0 Å². The Hall–Kier alpha value is -2.64. The predicted molar refractivity (Wildman–Crippen MR) is 77.6 cm³/mol. The van der Waals surface area contributed by atoms with E-state index in [9.17, 15) is 19.7 Å². The lowest BCUT2D eigenvalue weighted by atomic mass is 10.2. The first-order valence-electron chi connectivity index (χ1n) is 6.54. The van der Waals surface area contributed by atoms with Gasteiger partial charge < -0.3 is 14.8 Å². The van der Waals surface area contributed by atoms with Gasteiger partial charge >= 0.3 is 12.1 Å². The van der Waals surface area contributed by atoms with Gasteiger partial charge in [-0.25, -0.2) is 9.59 Å². The lowest BCUT2D eigenvalue weighted by molar-refractivity contribution is -0.384. The molecule has 1 N–H and O–H groups in total. The standard InChI is InChI=1S/C14H18N2O6/c1-9(12(17)22-14(2,3)4)15-13(18)21-11-7-5-10(6-8-11)16(19)20/h5-9H,1-4H3,(H,15,18). The van der Waals surface area contributed by atoms with E-state index in [2.05, 4.69) is 5.32 Å². The highest BCUT2D eigenvalue weighted by Crippen LogP contribution is 2.17. The molecule has 0 saturated heterocycles. The minimum atomic E-state index is -0.884. The normalized spacial score (nSPS) is 12.2. The number of nitro groups is 1. The van der Waals surface area contributed by atoms with E-state index in [1.165, 1.54) is 31.2 Å². The summed E-state index contributed by atoms with van der Waals surface area (Å²) in [7, 11) is 0. The Balaban J connectivity index is 2.55. The van der Waals surface area contributed by atoms with Crippen LogP contribution in [0.4, 0.5) is 10.5 Å². The summed E-state index contributed by atoms with van der Waals surface area (Å²) in [5.74, 6) is -0.465. The van der Waals surface area contributed by atoms with Gasteiger partial charge in [0.15, 0.2) is 0 Å². The number of carbonyl (C=O) groups excluding carboxylic acids is 2. The van der Waals surface area contributed by atoms with Crippen LogP contribution < -0.4 is 10.1 Å². The van der Waals surface area contributed by atoms with Gasteiger partial charge in [0, 0.05) is 12.1 Å². The fraction of sp³-hybridized carbons (Fsp3) is 0.429. The van der Waals surface area contributed by atoms with E-state index in [-0.39, 0.29) is 11.4 Å². The molecule has 0 aliphatic carbocycles. The molecule has 0 aromatic heterocycles. The zero-order chi connectivity index (χ0) is 16.9. The van der Waals surface area contributed by atoms with E-state index in [1.807, 2.05) is 0 Å². The van der Waals surface area contributed by atoms with E-state index < -0.39 is 28.6 Å². The molecule has 8 heteroatoms. The molecule has 120 valence electrons. The van der Waals surface area contributed by atoms with Crippen LogP contribution in [0.5, 0.6) is 5.75 Å². The average Bonchev–Trinajstić information content (AvgIpc) is 2.37. The van der Waals surface area contributed by atoms with Crippen LogP contribution in [-0.4, -0.2) is 28.6 Å². The van der Waals surface area contributed by atoms with E-state index in [0.717, 1.165) is 0 Å². The lowest BCUT2D eigenvalue weighted by Gasteiger charge is -2.22. The average molecular weight is 310 g/mol. The fourth-order valence-electron chi connectivity index (χ4n) is 1.40. The molecule has 0 aliphatic rings. The lowest BCUT2D eigenvalue weighted by Crippen LogP contribution is -2.43. The smallest absolute Gasteiger partial charge is 0.413 e. The van der Waals surface area contributed by atoms with Crippen LogP contribution in [0.25, 0.3) is 0 Å². The maximum atomic E-state index is 11.7. The molecular formula is C14H18N2O6. The van der Waals surface area contributed by atoms with Crippen molar-refractivity contribution in [3.63, 3.8) is 0 Å². The Bertz CT molecular complexity index is 562. The second kappa shape index (κ2) is 6.88. The molecule has 1 unspecified atom stereocenters. The molecule has 22 heavy (non-hydrogen) atoms. The maximum Gasteiger partial charge on any atom is 0.413 e. The molecule has 0 radical (unpaired) electrons. The summed E-state index contributed by atoms with van der Waals surface area (Å²) in [5.41, 5.74) is -0.773. The minimum Gasteiger partial charge on any atom is -0.458 e. The summed E-state index contributed by atoms with van der Waals surface area (Å²) in [6.45, 7) is 6.61. The monoisotopic (exact) mass is 310 g/mol. The van der Waals surface area contributed by atoms with Crippen LogP contribution in [0.1, 0.15) is 27.7 Å². The van der Waals surface area contributed by atoms with Gasteiger partial charge in [-0.05, 0) is 39.8 Å². The third kappa shape index (κ3) is 5.78. The second-order valence-corrected chi connectivity index (χ2v) is 5.54. The molecule has 0 aliphatic heterocycles. The molecular weight excluding hydrogens is 292 g/mol. The zero-order valence-electron chi connectivity index (χ0n) is 12.8. The van der Waals surface area contributed by atoms with Crippen molar-refractivity contribution in [3.8, 4) is 5.75 Å². The Morgan fingerprint density at radius 1 is 1.23 bits per heavy atom. The van der Waals surface area contributed by atoms with Crippen molar-refractivity contribution in [2.24, 2.45) is 0 Å². The summed E-state index contributed by atoms with van der Waals surface area (Å²) in [6, 6.07) is 4.11. The Morgan fingerprint density at radius 3 is 2.23 bits per heavy atom. The van der Waals surface area contributed by atoms with Gasteiger partial charge in [0.05, 0.1) is 4.92 Å². The molecule has 0 heterocycles. The molecule has 1 aromatic carbocycles. The number of non-ortho nitro benzene ring substituents is 1. The molecule has 0 spiro atoms. The summed E-state index contributed by atoms with van der Waals surface area (Å²) in [4.78, 5) is 33.3. The quantitative estimate of drug-likeness (QED) is 0.520. The van der Waals surface area contributed by atoms with Crippen molar-refractivity contribution in [1.29, 1.82) is 0 Å². The van der Waals surface area contributed by atoms with Crippen molar-refractivity contribution in [2.75, 3.05) is 0 Å². The molecule has 0 saturated carbocycles. The largest absolute Gasteiger partial charge is 0.458 e. The highest BCUT2D eigenvalue weighted by atomic mass is 16.6. The SMILES string of the molecule is CC(NC(=O)Oc1ccc([N+](=O)[O-])cc1)C(=O)OC(C)(C)C. The van der Waals surface area contributed by atoms with Gasteiger partial charge in [0.2, 0.25) is 0 Å². The zero-order valence-corrected chi connectivity index (χ0v) is 12.8. The molecule has 0 fully saturated rings. The van der Waals surface area contributed by atoms with Gasteiger partial charge in [-0.3, -0.25) is 10.1 Å². The highest BCUT2D eigenvalue weighted by molar-refractivity contribution is 5.81. The number of nitrogens with one attached hydrogen (secondary N) is 1. The predicted octanol–water partition coefficient (Wildman–Crippen LogP) is 2.41. The van der Waals surface area contributed by atoms with Gasteiger partial charge in [-0.2, -0.15) is 0 Å². The van der Waals surface area contributed by atoms with Crippen LogP contribution in [0.3, 0.4) is 0 Å². The molecule has 1 rings (SSSR count). The first kappa shape index (κ1) is 17.4. The number of rotatable bonds is 4. The number of nitrogens with zero attached hydrogens (tertiary/aromatic N) is 1. The van der Waals surface area contributed by atoms with E-state index in [0.29, 0.717) is 0 Å². The topological polar surface area (TPSA) is 108 Å². The first-order chi connectivity index (χ1) is 10.1. The van der Waals surface area contributed by atoms with Crippen LogP contribution in [-0.2, 0) is 9.53 Å². The molecule has 1 aromatic rings. The summed E-state index contributed by atoms with van der Waals surface area (Å²) in [6.07, 6.45) is -0.854. The number of ether oxygens (including phenoxy) is 2. The molecule has 1 amide bonds. The third-order valence-electron chi connectivity index (χ3n) is 2.35. The van der Waals surface area contributed by atoms with Crippen molar-refractivity contribution in [2.45, 2.75) is 39.3 Å². The number of nitro benzene ring substituents is 1. The number of esters is 1.